The van der Waals surface area contributed by atoms with Crippen LogP contribution in [0.4, 0.5) is 29.2 Å². The molecule has 1 aromatic carbocycles. The lowest BCUT2D eigenvalue weighted by Gasteiger charge is -2.42. The van der Waals surface area contributed by atoms with Crippen LogP contribution in [0.1, 0.15) is 19.7 Å². The molecule has 7 nitrogen and oxygen atoms in total. The summed E-state index contributed by atoms with van der Waals surface area (Å²) in [6, 6.07) is 4.19. The van der Waals surface area contributed by atoms with Crippen LogP contribution in [0, 0.1) is 23.3 Å². The Kier molecular flexibility index (Phi) is 5.37. The van der Waals surface area contributed by atoms with Crippen LogP contribution in [-0.4, -0.2) is 38.4 Å². The normalized spacial score (nSPS) is 14.9. The smallest absolute Gasteiger partial charge is 0.237 e. The van der Waals surface area contributed by atoms with E-state index in [0.29, 0.717) is 24.7 Å². The molecular weight excluding hydrogens is 428 g/mol. The molecule has 0 unspecified atom stereocenters. The van der Waals surface area contributed by atoms with Crippen molar-refractivity contribution in [2.24, 2.45) is 5.73 Å². The molecule has 0 atom stereocenters. The van der Waals surface area contributed by atoms with E-state index in [2.05, 4.69) is 15.3 Å². The molecule has 32 heavy (non-hydrogen) atoms. The molecule has 0 saturated heterocycles. The van der Waals surface area contributed by atoms with Crippen molar-refractivity contribution in [3.05, 3.63) is 59.6 Å². The highest BCUT2D eigenvalue weighted by molar-refractivity contribution is 5.80. The van der Waals surface area contributed by atoms with E-state index in [-0.39, 0.29) is 29.5 Å². The third-order valence-corrected chi connectivity index (χ3v) is 5.46. The van der Waals surface area contributed by atoms with Crippen molar-refractivity contribution in [1.29, 1.82) is 0 Å². The molecule has 11 heteroatoms. The van der Waals surface area contributed by atoms with E-state index in [1.807, 2.05) is 0 Å². The van der Waals surface area contributed by atoms with Gasteiger partial charge in [0.25, 0.3) is 0 Å². The van der Waals surface area contributed by atoms with Crippen LogP contribution in [0.2, 0.25) is 0 Å². The molecule has 0 radical (unpaired) electrons. The van der Waals surface area contributed by atoms with Gasteiger partial charge in [-0.05, 0) is 32.0 Å². The zero-order valence-corrected chi connectivity index (χ0v) is 17.3. The standard InChI is InChI=1S/C21H20F4N6O/c1-21(2)20-29-18(11-3-4-12(22)13(23)7-11)19(28-16-8-14(24)15(25)10-27-16)30(20)5-6-31(21)17(32)9-26/h3-4,7-8,10H,5-6,9,26H2,1-2H3,(H,27,28). The molecule has 3 N–H and O–H groups in total. The van der Waals surface area contributed by atoms with Crippen molar-refractivity contribution in [2.75, 3.05) is 18.4 Å². The zero-order valence-electron chi connectivity index (χ0n) is 17.3. The molecule has 4 rings (SSSR count). The maximum Gasteiger partial charge on any atom is 0.237 e. The van der Waals surface area contributed by atoms with Gasteiger partial charge in [0, 0.05) is 24.7 Å². The van der Waals surface area contributed by atoms with Crippen molar-refractivity contribution < 1.29 is 22.4 Å². The SMILES string of the molecule is CC1(C)c2nc(-c3ccc(F)c(F)c3)c(Nc3cc(F)c(F)cn3)n2CCN1C(=O)CN. The summed E-state index contributed by atoms with van der Waals surface area (Å²) in [6.07, 6.45) is 0.730. The Balaban J connectivity index is 1.89. The van der Waals surface area contributed by atoms with Gasteiger partial charge < -0.3 is 20.5 Å². The van der Waals surface area contributed by atoms with Crippen LogP contribution >= 0.6 is 0 Å². The number of nitrogens with zero attached hydrogens (tertiary/aromatic N) is 4. The minimum absolute atomic E-state index is 0.00583. The fraction of sp³-hybridized carbons (Fsp3) is 0.286. The number of nitrogens with one attached hydrogen (secondary N) is 1. The van der Waals surface area contributed by atoms with E-state index in [0.717, 1.165) is 24.4 Å². The number of hydrogen-bond donors (Lipinski definition) is 2. The molecule has 0 saturated carbocycles. The van der Waals surface area contributed by atoms with E-state index in [1.54, 1.807) is 23.3 Å². The second kappa shape index (κ2) is 7.90. The van der Waals surface area contributed by atoms with Gasteiger partial charge in [0.1, 0.15) is 23.2 Å². The first-order valence-electron chi connectivity index (χ1n) is 9.78. The molecule has 3 heterocycles. The van der Waals surface area contributed by atoms with E-state index in [4.69, 9.17) is 5.73 Å². The molecule has 0 bridgehead atoms. The number of imidazole rings is 1. The molecule has 1 aliphatic heterocycles. The Labute approximate surface area is 180 Å². The maximum absolute atomic E-state index is 14.0. The molecular formula is C21H20F4N6O. The van der Waals surface area contributed by atoms with Gasteiger partial charge in [-0.3, -0.25) is 4.79 Å². The number of nitrogens with two attached hydrogens (primary N) is 1. The minimum Gasteiger partial charge on any atom is -0.327 e. The summed E-state index contributed by atoms with van der Waals surface area (Å²) in [7, 11) is 0. The molecule has 0 fully saturated rings. The van der Waals surface area contributed by atoms with Gasteiger partial charge in [-0.25, -0.2) is 27.5 Å². The predicted octanol–water partition coefficient (Wildman–Crippen LogP) is 3.28. The Morgan fingerprint density at radius 3 is 2.47 bits per heavy atom. The van der Waals surface area contributed by atoms with Gasteiger partial charge in [-0.15, -0.1) is 0 Å². The van der Waals surface area contributed by atoms with Crippen LogP contribution in [0.3, 0.4) is 0 Å². The van der Waals surface area contributed by atoms with Gasteiger partial charge in [-0.2, -0.15) is 0 Å². The summed E-state index contributed by atoms with van der Waals surface area (Å²) < 4.78 is 56.3. The van der Waals surface area contributed by atoms with Crippen LogP contribution in [-0.2, 0) is 16.9 Å². The average molecular weight is 448 g/mol. The molecule has 1 aliphatic rings. The summed E-state index contributed by atoms with van der Waals surface area (Å²) in [5.74, 6) is -3.80. The average Bonchev–Trinajstić information content (AvgIpc) is 3.12. The number of rotatable bonds is 4. The van der Waals surface area contributed by atoms with Crippen LogP contribution in [0.15, 0.2) is 30.5 Å². The fourth-order valence-electron chi connectivity index (χ4n) is 3.86. The third kappa shape index (κ3) is 3.58. The van der Waals surface area contributed by atoms with Crippen molar-refractivity contribution in [3.63, 3.8) is 0 Å². The van der Waals surface area contributed by atoms with Crippen molar-refractivity contribution >= 4 is 17.5 Å². The lowest BCUT2D eigenvalue weighted by Crippen LogP contribution is -2.53. The van der Waals surface area contributed by atoms with Crippen molar-refractivity contribution in [3.8, 4) is 11.3 Å². The third-order valence-electron chi connectivity index (χ3n) is 5.46. The van der Waals surface area contributed by atoms with Crippen LogP contribution in [0.5, 0.6) is 0 Å². The van der Waals surface area contributed by atoms with E-state index >= 15 is 0 Å². The quantitative estimate of drug-likeness (QED) is 0.598. The Hall–Kier alpha value is -3.47. The second-order valence-corrected chi connectivity index (χ2v) is 7.83. The lowest BCUT2D eigenvalue weighted by atomic mass is 9.99. The van der Waals surface area contributed by atoms with E-state index < -0.39 is 28.8 Å². The number of benzene rings is 1. The number of carbonyl (C=O) groups is 1. The number of amides is 1. The summed E-state index contributed by atoms with van der Waals surface area (Å²) in [6.45, 7) is 4.00. The van der Waals surface area contributed by atoms with Gasteiger partial charge in [0.2, 0.25) is 5.91 Å². The molecule has 1 amide bonds. The topological polar surface area (TPSA) is 89.1 Å². The molecule has 168 valence electrons. The van der Waals surface area contributed by atoms with Crippen LogP contribution in [0.25, 0.3) is 11.3 Å². The predicted molar refractivity (Wildman–Crippen MR) is 109 cm³/mol. The molecule has 0 aliphatic carbocycles. The summed E-state index contributed by atoms with van der Waals surface area (Å²) in [5, 5.41) is 2.92. The fourth-order valence-corrected chi connectivity index (χ4v) is 3.86. The van der Waals surface area contributed by atoms with Gasteiger partial charge in [-0.1, -0.05) is 0 Å². The second-order valence-electron chi connectivity index (χ2n) is 7.83. The summed E-state index contributed by atoms with van der Waals surface area (Å²) in [4.78, 5) is 22.4. The Morgan fingerprint density at radius 1 is 1.09 bits per heavy atom. The number of hydrogen-bond acceptors (Lipinski definition) is 5. The zero-order chi connectivity index (χ0) is 23.2. The highest BCUT2D eigenvalue weighted by Crippen LogP contribution is 2.39. The molecule has 0 spiro atoms. The number of anilines is 2. The Bertz CT molecular complexity index is 1210. The summed E-state index contributed by atoms with van der Waals surface area (Å²) in [5.41, 5.74) is 5.15. The number of halogens is 4. The monoisotopic (exact) mass is 448 g/mol. The minimum atomic E-state index is -1.11. The highest BCUT2D eigenvalue weighted by atomic mass is 19.2. The first kappa shape index (κ1) is 21.8. The lowest BCUT2D eigenvalue weighted by molar-refractivity contribution is -0.137. The number of pyridine rings is 1. The first-order chi connectivity index (χ1) is 15.1. The number of carbonyl (C=O) groups excluding carboxylic acids is 1. The van der Waals surface area contributed by atoms with Gasteiger partial charge in [0.15, 0.2) is 23.3 Å². The largest absolute Gasteiger partial charge is 0.327 e. The van der Waals surface area contributed by atoms with Gasteiger partial charge >= 0.3 is 0 Å². The van der Waals surface area contributed by atoms with Crippen LogP contribution < -0.4 is 11.1 Å². The molecule has 3 aromatic rings. The Morgan fingerprint density at radius 2 is 1.81 bits per heavy atom. The van der Waals surface area contributed by atoms with Crippen molar-refractivity contribution in [2.45, 2.75) is 25.9 Å². The highest BCUT2D eigenvalue weighted by Gasteiger charge is 2.41. The van der Waals surface area contributed by atoms with Gasteiger partial charge in [0.05, 0.1) is 18.3 Å². The first-order valence-corrected chi connectivity index (χ1v) is 9.78. The van der Waals surface area contributed by atoms with Crippen molar-refractivity contribution in [1.82, 2.24) is 19.4 Å². The number of aromatic nitrogens is 3. The molecule has 2 aromatic heterocycles. The summed E-state index contributed by atoms with van der Waals surface area (Å²) >= 11 is 0. The van der Waals surface area contributed by atoms with E-state index in [9.17, 15) is 22.4 Å². The maximum atomic E-state index is 14.0. The van der Waals surface area contributed by atoms with E-state index in [1.165, 1.54) is 6.07 Å². The number of fused-ring (bicyclic) bond motifs is 1.